The Morgan fingerprint density at radius 2 is 0.981 bits per heavy atom. The average Bonchev–Trinajstić information content (AvgIpc) is 3.50. The Kier molecular flexibility index (Phi) is 10.4. The Balaban J connectivity index is 0.000000146. The van der Waals surface area contributed by atoms with E-state index in [1.165, 1.54) is 56.6 Å². The summed E-state index contributed by atoms with van der Waals surface area (Å²) >= 11 is 15.2. The highest BCUT2D eigenvalue weighted by atomic mass is 79.9. The van der Waals surface area contributed by atoms with E-state index in [4.69, 9.17) is 38.9 Å². The van der Waals surface area contributed by atoms with Crippen molar-refractivity contribution in [2.45, 2.75) is 38.5 Å². The van der Waals surface area contributed by atoms with Crippen LogP contribution in [-0.4, -0.2) is 10.4 Å². The zero-order valence-electron chi connectivity index (χ0n) is 28.9. The quantitative estimate of drug-likeness (QED) is 0.171. The number of halogens is 3. The van der Waals surface area contributed by atoms with Crippen LogP contribution in [0.2, 0.25) is 10.0 Å². The van der Waals surface area contributed by atoms with Crippen molar-refractivity contribution in [3.63, 3.8) is 0 Å². The Bertz CT molecular complexity index is 2430. The fourth-order valence-corrected chi connectivity index (χ4v) is 7.77. The molecule has 0 unspecified atom stereocenters. The normalized spacial score (nSPS) is 13.4. The standard InChI is InChI=1S/C22H16ClN.C16H12BrN.C6H6ClNO2/c1-22(2)20-10-14(13-24)6-8-18(20)19-9-7-16(12-21(19)22)15-4-3-5-17(23)11-15;1-16(2)14-7-10(9-18)3-5-12(14)13-6-4-11(17)8-15(13)16;7-5-2-1-3-6(4-5)8(9)10/h3-12H,1-2H3;3-8H,1-2H3;1-4,9-10H. The molecule has 2 N–H and O–H groups in total. The molecule has 0 bridgehead atoms. The highest BCUT2D eigenvalue weighted by molar-refractivity contribution is 9.10. The van der Waals surface area contributed by atoms with Crippen molar-refractivity contribution in [3.05, 3.63) is 169 Å². The molecular weight excluding hydrogens is 753 g/mol. The van der Waals surface area contributed by atoms with Crippen LogP contribution < -0.4 is 5.23 Å². The Morgan fingerprint density at radius 3 is 1.46 bits per heavy atom. The number of nitrogens with zero attached hydrogens (tertiary/aromatic N) is 3. The van der Waals surface area contributed by atoms with E-state index in [1.54, 1.807) is 12.1 Å². The molecule has 5 nitrogen and oxygen atoms in total. The van der Waals surface area contributed by atoms with Crippen molar-refractivity contribution in [3.8, 4) is 45.5 Å². The van der Waals surface area contributed by atoms with E-state index < -0.39 is 0 Å². The first kappa shape index (κ1) is 36.9. The van der Waals surface area contributed by atoms with Crippen LogP contribution in [0.4, 0.5) is 5.69 Å². The van der Waals surface area contributed by atoms with E-state index in [0.29, 0.717) is 10.6 Å². The average molecular weight is 788 g/mol. The van der Waals surface area contributed by atoms with Gasteiger partial charge in [0.15, 0.2) is 0 Å². The predicted octanol–water partition coefficient (Wildman–Crippen LogP) is 12.7. The fraction of sp³-hybridized carbons (Fsp3) is 0.136. The molecule has 6 aromatic rings. The summed E-state index contributed by atoms with van der Waals surface area (Å²) in [5.74, 6) is 0. The molecule has 0 aliphatic heterocycles. The van der Waals surface area contributed by atoms with Gasteiger partial charge in [0, 0.05) is 25.3 Å². The minimum Gasteiger partial charge on any atom is -0.264 e. The molecule has 0 saturated heterocycles. The molecule has 6 aromatic carbocycles. The van der Waals surface area contributed by atoms with Gasteiger partial charge in [-0.15, -0.1) is 5.23 Å². The molecule has 2 aliphatic rings. The fourth-order valence-electron chi connectivity index (χ4n) is 7.03. The van der Waals surface area contributed by atoms with Crippen molar-refractivity contribution in [1.29, 1.82) is 10.5 Å². The van der Waals surface area contributed by atoms with Gasteiger partial charge in [0.1, 0.15) is 0 Å². The van der Waals surface area contributed by atoms with E-state index in [-0.39, 0.29) is 21.7 Å². The lowest BCUT2D eigenvalue weighted by Crippen LogP contribution is -2.15. The zero-order chi connectivity index (χ0) is 37.4. The number of rotatable bonds is 2. The molecule has 2 aliphatic carbocycles. The van der Waals surface area contributed by atoms with Gasteiger partial charge in [-0.1, -0.05) is 115 Å². The number of nitriles is 2. The molecule has 258 valence electrons. The number of hydrogen-bond donors (Lipinski definition) is 2. The first-order valence-electron chi connectivity index (χ1n) is 16.5. The summed E-state index contributed by atoms with van der Waals surface area (Å²) in [6.45, 7) is 8.87. The lowest BCUT2D eigenvalue weighted by atomic mass is 9.81. The first-order valence-corrected chi connectivity index (χ1v) is 18.0. The molecule has 0 atom stereocenters. The summed E-state index contributed by atoms with van der Waals surface area (Å²) in [6.07, 6.45) is 0. The van der Waals surface area contributed by atoms with Gasteiger partial charge < -0.3 is 0 Å². The van der Waals surface area contributed by atoms with Crippen LogP contribution in [-0.2, 0) is 10.8 Å². The molecule has 8 heteroatoms. The van der Waals surface area contributed by atoms with E-state index in [1.807, 2.05) is 42.5 Å². The molecule has 0 heterocycles. The van der Waals surface area contributed by atoms with Crippen molar-refractivity contribution in [2.75, 3.05) is 5.23 Å². The number of hydrogen-bond acceptors (Lipinski definition) is 5. The molecule has 0 spiro atoms. The second-order valence-corrected chi connectivity index (χ2v) is 15.5. The minimum atomic E-state index is -0.119. The summed E-state index contributed by atoms with van der Waals surface area (Å²) in [5.41, 5.74) is 13.9. The number of anilines is 1. The second kappa shape index (κ2) is 14.6. The maximum absolute atomic E-state index is 9.21. The maximum Gasteiger partial charge on any atom is 0.0991 e. The van der Waals surface area contributed by atoms with E-state index in [9.17, 15) is 5.26 Å². The SMILES string of the molecule is CC1(C)c2cc(Br)ccc2-c2ccc(C#N)cc21.CC1(C)c2cc(C#N)ccc2-c2ccc(-c3cccc(Cl)c3)cc21.ON(O)c1cccc(Cl)c1. The monoisotopic (exact) mass is 785 g/mol. The zero-order valence-corrected chi connectivity index (χ0v) is 32.0. The molecule has 8 rings (SSSR count). The Morgan fingerprint density at radius 1 is 0.538 bits per heavy atom. The predicted molar refractivity (Wildman–Crippen MR) is 213 cm³/mol. The van der Waals surface area contributed by atoms with E-state index in [0.717, 1.165) is 26.2 Å². The lowest BCUT2D eigenvalue weighted by molar-refractivity contribution is 0.0291. The molecular formula is C44H34BrCl2N3O2. The number of benzene rings is 6. The van der Waals surface area contributed by atoms with E-state index in [2.05, 4.69) is 110 Å². The summed E-state index contributed by atoms with van der Waals surface area (Å²) in [7, 11) is 0. The van der Waals surface area contributed by atoms with Gasteiger partial charge in [-0.05, 0) is 128 Å². The largest absolute Gasteiger partial charge is 0.264 e. The Labute approximate surface area is 322 Å². The lowest BCUT2D eigenvalue weighted by Gasteiger charge is -2.22. The molecule has 0 radical (unpaired) electrons. The highest BCUT2D eigenvalue weighted by Crippen LogP contribution is 2.51. The highest BCUT2D eigenvalue weighted by Gasteiger charge is 2.36. The molecule has 0 fully saturated rings. The van der Waals surface area contributed by atoms with E-state index >= 15 is 0 Å². The summed E-state index contributed by atoms with van der Waals surface area (Å²) in [5, 5.41) is 36.4. The smallest absolute Gasteiger partial charge is 0.0991 e. The van der Waals surface area contributed by atoms with Gasteiger partial charge in [0.05, 0.1) is 29.0 Å². The molecule has 0 saturated carbocycles. The first-order chi connectivity index (χ1) is 24.7. The van der Waals surface area contributed by atoms with Crippen LogP contribution in [0, 0.1) is 22.7 Å². The summed E-state index contributed by atoms with van der Waals surface area (Å²) in [6, 6.07) is 43.6. The summed E-state index contributed by atoms with van der Waals surface area (Å²) < 4.78 is 1.10. The van der Waals surface area contributed by atoms with Gasteiger partial charge in [0.2, 0.25) is 0 Å². The third-order valence-electron chi connectivity index (χ3n) is 9.77. The van der Waals surface area contributed by atoms with Crippen LogP contribution in [0.1, 0.15) is 61.1 Å². The minimum absolute atomic E-state index is 0.0197. The van der Waals surface area contributed by atoms with Crippen LogP contribution in [0.15, 0.2) is 126 Å². The van der Waals surface area contributed by atoms with Crippen molar-refractivity contribution in [1.82, 2.24) is 0 Å². The van der Waals surface area contributed by atoms with Gasteiger partial charge in [-0.3, -0.25) is 10.4 Å². The van der Waals surface area contributed by atoms with Crippen LogP contribution >= 0.6 is 39.1 Å². The maximum atomic E-state index is 9.21. The second-order valence-electron chi connectivity index (χ2n) is 13.7. The van der Waals surface area contributed by atoms with Crippen molar-refractivity contribution >= 4 is 44.8 Å². The van der Waals surface area contributed by atoms with Crippen LogP contribution in [0.3, 0.4) is 0 Å². The number of fused-ring (bicyclic) bond motifs is 6. The third-order valence-corrected chi connectivity index (χ3v) is 10.7. The molecule has 0 aromatic heterocycles. The van der Waals surface area contributed by atoms with Gasteiger partial charge >= 0.3 is 0 Å². The Hall–Kier alpha value is -4.92. The van der Waals surface area contributed by atoms with Crippen molar-refractivity contribution in [2.24, 2.45) is 0 Å². The topological polar surface area (TPSA) is 91.3 Å². The van der Waals surface area contributed by atoms with Crippen LogP contribution in [0.5, 0.6) is 0 Å². The van der Waals surface area contributed by atoms with Crippen molar-refractivity contribution < 1.29 is 10.4 Å². The molecule has 52 heavy (non-hydrogen) atoms. The molecule has 0 amide bonds. The summed E-state index contributed by atoms with van der Waals surface area (Å²) in [4.78, 5) is 0. The van der Waals surface area contributed by atoms with Gasteiger partial charge in [0.25, 0.3) is 0 Å². The van der Waals surface area contributed by atoms with Gasteiger partial charge in [-0.2, -0.15) is 10.5 Å². The third kappa shape index (κ3) is 7.10. The van der Waals surface area contributed by atoms with Gasteiger partial charge in [-0.25, -0.2) is 0 Å². The van der Waals surface area contributed by atoms with Crippen LogP contribution in [0.25, 0.3) is 33.4 Å².